The predicted molar refractivity (Wildman–Crippen MR) is 55.2 cm³/mol. The van der Waals surface area contributed by atoms with Crippen LogP contribution in [-0.2, 0) is 0 Å². The molecule has 0 rings (SSSR count). The predicted octanol–water partition coefficient (Wildman–Crippen LogP) is 4.11. The Bertz CT molecular complexity index is 71.7. The van der Waals surface area contributed by atoms with Crippen molar-refractivity contribution in [1.29, 1.82) is 0 Å². The van der Waals surface area contributed by atoms with E-state index in [1.807, 2.05) is 0 Å². The van der Waals surface area contributed by atoms with Gasteiger partial charge in [0.15, 0.2) is 0 Å². The molecule has 0 nitrogen and oxygen atoms in total. The van der Waals surface area contributed by atoms with Crippen LogP contribution in [0.5, 0.6) is 0 Å². The van der Waals surface area contributed by atoms with Crippen LogP contribution in [0.25, 0.3) is 0 Å². The lowest BCUT2D eigenvalue weighted by atomic mass is 10.1. The summed E-state index contributed by atoms with van der Waals surface area (Å²) in [5, 5.41) is 0. The van der Waals surface area contributed by atoms with E-state index in [2.05, 4.69) is 45.7 Å². The summed E-state index contributed by atoms with van der Waals surface area (Å²) in [6, 6.07) is 0. The Morgan fingerprint density at radius 2 is 1.80 bits per heavy atom. The molecule has 0 amide bonds. The maximum Gasteiger partial charge on any atom is 0.0268 e. The van der Waals surface area contributed by atoms with E-state index in [-0.39, 0.29) is 0 Å². The molecule has 0 radical (unpaired) electrons. The fourth-order valence-electron chi connectivity index (χ4n) is 0.819. The Labute approximate surface area is 81.0 Å². The summed E-state index contributed by atoms with van der Waals surface area (Å²) in [6.45, 7) is 4.42. The van der Waals surface area contributed by atoms with E-state index in [1.165, 1.54) is 25.7 Å². The van der Waals surface area contributed by atoms with Crippen molar-refractivity contribution in [2.75, 3.05) is 0 Å². The minimum Gasteiger partial charge on any atom is -0.0882 e. The Morgan fingerprint density at radius 1 is 1.20 bits per heavy atom. The molecule has 0 N–H and O–H groups in total. The maximum atomic E-state index is 3.63. The first-order valence-corrected chi connectivity index (χ1v) is 5.79. The van der Waals surface area contributed by atoms with Crippen LogP contribution < -0.4 is 0 Å². The zero-order valence-electron chi connectivity index (χ0n) is 6.74. The highest BCUT2D eigenvalue weighted by Crippen LogP contribution is 2.19. The first-order chi connectivity index (χ1) is 4.68. The molecule has 0 aromatic rings. The highest BCUT2D eigenvalue weighted by atomic mass is 79.9. The van der Waals surface area contributed by atoms with E-state index in [0.717, 1.165) is 0 Å². The van der Waals surface area contributed by atoms with E-state index in [4.69, 9.17) is 0 Å². The van der Waals surface area contributed by atoms with E-state index in [9.17, 15) is 0 Å². The Morgan fingerprint density at radius 3 is 2.20 bits per heavy atom. The van der Waals surface area contributed by atoms with Crippen LogP contribution in [0.15, 0.2) is 0 Å². The average Bonchev–Trinajstić information content (AvgIpc) is 1.88. The number of rotatable bonds is 5. The largest absolute Gasteiger partial charge is 0.0882 e. The molecule has 0 bridgehead atoms. The maximum absolute atomic E-state index is 3.63. The fraction of sp³-hybridized carbons (Fsp3) is 1.00. The summed E-state index contributed by atoms with van der Waals surface area (Å²) in [4.78, 5) is 1.25. The molecule has 2 atom stereocenters. The molecule has 62 valence electrons. The Kier molecular flexibility index (Phi) is 7.30. The van der Waals surface area contributed by atoms with E-state index >= 15 is 0 Å². The van der Waals surface area contributed by atoms with E-state index in [0.29, 0.717) is 9.65 Å². The molecular formula is C8H16Br2. The van der Waals surface area contributed by atoms with Crippen LogP contribution >= 0.6 is 31.9 Å². The first kappa shape index (κ1) is 11.0. The molecule has 0 heterocycles. The Hall–Kier alpha value is 0.960. The first-order valence-electron chi connectivity index (χ1n) is 3.96. The van der Waals surface area contributed by atoms with Crippen molar-refractivity contribution in [2.24, 2.45) is 0 Å². The summed E-state index contributed by atoms with van der Waals surface area (Å²) < 4.78 is 0. The number of unbranched alkanes of at least 4 members (excludes halogenated alkanes) is 2. The summed E-state index contributed by atoms with van der Waals surface area (Å²) >= 11 is 7.17. The van der Waals surface area contributed by atoms with Gasteiger partial charge in [0, 0.05) is 9.65 Å². The molecule has 0 aromatic heterocycles. The number of alkyl halides is 2. The van der Waals surface area contributed by atoms with Crippen molar-refractivity contribution >= 4 is 31.9 Å². The highest BCUT2D eigenvalue weighted by molar-refractivity contribution is 9.12. The van der Waals surface area contributed by atoms with E-state index in [1.54, 1.807) is 0 Å². The van der Waals surface area contributed by atoms with Gasteiger partial charge in [-0.05, 0) is 6.42 Å². The van der Waals surface area contributed by atoms with Gasteiger partial charge in [-0.1, -0.05) is 65.0 Å². The second kappa shape index (κ2) is 6.66. The van der Waals surface area contributed by atoms with Crippen LogP contribution in [0.3, 0.4) is 0 Å². The molecule has 0 aliphatic carbocycles. The van der Waals surface area contributed by atoms with Crippen molar-refractivity contribution in [3.63, 3.8) is 0 Å². The molecule has 10 heavy (non-hydrogen) atoms. The molecule has 0 unspecified atom stereocenters. The Balaban J connectivity index is 3.13. The summed E-state index contributed by atoms with van der Waals surface area (Å²) in [5.41, 5.74) is 0. The monoisotopic (exact) mass is 270 g/mol. The van der Waals surface area contributed by atoms with Gasteiger partial charge in [-0.25, -0.2) is 0 Å². The third-order valence-corrected chi connectivity index (χ3v) is 4.18. The van der Waals surface area contributed by atoms with Crippen molar-refractivity contribution in [1.82, 2.24) is 0 Å². The lowest BCUT2D eigenvalue weighted by molar-refractivity contribution is 0.649. The lowest BCUT2D eigenvalue weighted by Crippen LogP contribution is -2.08. The van der Waals surface area contributed by atoms with Crippen LogP contribution in [-0.4, -0.2) is 9.65 Å². The molecule has 0 aliphatic rings. The van der Waals surface area contributed by atoms with Crippen LogP contribution in [0.2, 0.25) is 0 Å². The molecule has 2 heteroatoms. The molecule has 0 saturated heterocycles. The van der Waals surface area contributed by atoms with Crippen LogP contribution in [0, 0.1) is 0 Å². The van der Waals surface area contributed by atoms with Gasteiger partial charge >= 0.3 is 0 Å². The zero-order chi connectivity index (χ0) is 7.98. The molecule has 0 spiro atoms. The molecular weight excluding hydrogens is 256 g/mol. The van der Waals surface area contributed by atoms with Gasteiger partial charge in [0.2, 0.25) is 0 Å². The average molecular weight is 272 g/mol. The minimum absolute atomic E-state index is 0.601. The SMILES string of the molecule is CCCCC[C@@H](Br)[C@H](C)Br. The second-order valence-corrected chi connectivity index (χ2v) is 5.31. The standard InChI is InChI=1S/C8H16Br2/c1-3-4-5-6-8(10)7(2)9/h7-8H,3-6H2,1-2H3/t7-,8+/m0/s1. The van der Waals surface area contributed by atoms with Crippen LogP contribution in [0.1, 0.15) is 39.5 Å². The van der Waals surface area contributed by atoms with Gasteiger partial charge in [-0.15, -0.1) is 0 Å². The topological polar surface area (TPSA) is 0 Å². The van der Waals surface area contributed by atoms with Gasteiger partial charge in [0.25, 0.3) is 0 Å². The normalized spacial score (nSPS) is 16.8. The molecule has 0 aromatic carbocycles. The van der Waals surface area contributed by atoms with Gasteiger partial charge in [-0.2, -0.15) is 0 Å². The quantitative estimate of drug-likeness (QED) is 0.521. The summed E-state index contributed by atoms with van der Waals surface area (Å²) in [6.07, 6.45) is 5.32. The van der Waals surface area contributed by atoms with Gasteiger partial charge < -0.3 is 0 Å². The molecule has 0 aliphatic heterocycles. The third-order valence-electron chi connectivity index (χ3n) is 1.58. The van der Waals surface area contributed by atoms with Gasteiger partial charge in [0.05, 0.1) is 0 Å². The number of hydrogen-bond acceptors (Lipinski definition) is 0. The highest BCUT2D eigenvalue weighted by Gasteiger charge is 2.08. The second-order valence-electron chi connectivity index (χ2n) is 2.69. The fourth-order valence-corrected chi connectivity index (χ4v) is 1.41. The summed E-state index contributed by atoms with van der Waals surface area (Å²) in [5.74, 6) is 0. The van der Waals surface area contributed by atoms with E-state index < -0.39 is 0 Å². The lowest BCUT2D eigenvalue weighted by Gasteiger charge is -2.10. The minimum atomic E-state index is 0.601. The van der Waals surface area contributed by atoms with Crippen molar-refractivity contribution in [3.8, 4) is 0 Å². The van der Waals surface area contributed by atoms with Crippen molar-refractivity contribution in [2.45, 2.75) is 49.2 Å². The third kappa shape index (κ3) is 5.72. The zero-order valence-corrected chi connectivity index (χ0v) is 9.91. The smallest absolute Gasteiger partial charge is 0.0268 e. The molecule has 0 fully saturated rings. The van der Waals surface area contributed by atoms with Gasteiger partial charge in [-0.3, -0.25) is 0 Å². The number of halogens is 2. The molecule has 0 saturated carbocycles. The van der Waals surface area contributed by atoms with Crippen molar-refractivity contribution < 1.29 is 0 Å². The van der Waals surface area contributed by atoms with Gasteiger partial charge in [0.1, 0.15) is 0 Å². The van der Waals surface area contributed by atoms with Crippen LogP contribution in [0.4, 0.5) is 0 Å². The van der Waals surface area contributed by atoms with Crippen molar-refractivity contribution in [3.05, 3.63) is 0 Å². The number of hydrogen-bond donors (Lipinski definition) is 0. The summed E-state index contributed by atoms with van der Waals surface area (Å²) in [7, 11) is 0.